The minimum atomic E-state index is -0.412. The molecule has 0 aliphatic heterocycles. The molecule has 0 saturated carbocycles. The number of hydrogen-bond donors (Lipinski definition) is 1. The number of aromatic nitrogens is 2. The Morgan fingerprint density at radius 1 is 1.19 bits per heavy atom. The molecule has 0 atom stereocenters. The molecule has 3 aromatic rings. The fourth-order valence-corrected chi connectivity index (χ4v) is 3.13. The molecule has 2 aromatic carbocycles. The summed E-state index contributed by atoms with van der Waals surface area (Å²) in [7, 11) is 4.13. The van der Waals surface area contributed by atoms with E-state index in [-0.39, 0.29) is 5.91 Å². The third kappa shape index (κ3) is 4.92. The Labute approximate surface area is 158 Å². The van der Waals surface area contributed by atoms with Gasteiger partial charge in [-0.3, -0.25) is 4.79 Å². The summed E-state index contributed by atoms with van der Waals surface area (Å²) in [5.41, 5.74) is 2.41. The van der Waals surface area contributed by atoms with E-state index in [2.05, 4.69) is 34.9 Å². The molecule has 0 bridgehead atoms. The van der Waals surface area contributed by atoms with Gasteiger partial charge in [-0.05, 0) is 57.4 Å². The van der Waals surface area contributed by atoms with Gasteiger partial charge in [-0.1, -0.05) is 18.2 Å². The van der Waals surface area contributed by atoms with Crippen LogP contribution in [0.3, 0.4) is 0 Å². The Hall–Kier alpha value is -2.73. The molecule has 0 unspecified atom stereocenters. The van der Waals surface area contributed by atoms with Crippen molar-refractivity contribution in [3.8, 4) is 0 Å². The summed E-state index contributed by atoms with van der Waals surface area (Å²) in [6.07, 6.45) is 1.65. The first-order chi connectivity index (χ1) is 13.0. The maximum absolute atomic E-state index is 13.3. The van der Waals surface area contributed by atoms with Crippen LogP contribution in [0.1, 0.15) is 22.6 Å². The second kappa shape index (κ2) is 8.77. The van der Waals surface area contributed by atoms with Gasteiger partial charge in [0.2, 0.25) is 0 Å². The molecule has 0 aliphatic rings. The first-order valence-corrected chi connectivity index (χ1v) is 9.17. The Morgan fingerprint density at radius 2 is 2.00 bits per heavy atom. The Bertz CT molecular complexity index is 919. The summed E-state index contributed by atoms with van der Waals surface area (Å²) in [6.45, 7) is 2.33. The van der Waals surface area contributed by atoms with Crippen LogP contribution in [-0.2, 0) is 13.0 Å². The van der Waals surface area contributed by atoms with E-state index < -0.39 is 5.82 Å². The average molecular weight is 368 g/mol. The minimum absolute atomic E-state index is 0.273. The van der Waals surface area contributed by atoms with Crippen LogP contribution >= 0.6 is 0 Å². The van der Waals surface area contributed by atoms with Gasteiger partial charge < -0.3 is 14.8 Å². The molecule has 0 radical (unpaired) electrons. The van der Waals surface area contributed by atoms with Crippen LogP contribution in [-0.4, -0.2) is 47.5 Å². The molecular formula is C21H25FN4O. The number of nitrogens with zero attached hydrogens (tertiary/aromatic N) is 3. The minimum Gasteiger partial charge on any atom is -0.352 e. The lowest BCUT2D eigenvalue weighted by atomic mass is 10.2. The molecule has 27 heavy (non-hydrogen) atoms. The highest BCUT2D eigenvalue weighted by atomic mass is 19.1. The summed E-state index contributed by atoms with van der Waals surface area (Å²) in [5, 5.41) is 2.85. The molecule has 1 heterocycles. The molecule has 1 N–H and O–H groups in total. The van der Waals surface area contributed by atoms with Gasteiger partial charge in [0.15, 0.2) is 0 Å². The molecule has 0 spiro atoms. The molecule has 1 aromatic heterocycles. The van der Waals surface area contributed by atoms with E-state index in [1.807, 2.05) is 18.2 Å². The van der Waals surface area contributed by atoms with E-state index in [1.54, 1.807) is 6.07 Å². The normalized spacial score (nSPS) is 11.3. The molecule has 0 saturated heterocycles. The molecule has 0 fully saturated rings. The van der Waals surface area contributed by atoms with E-state index in [0.717, 1.165) is 36.4 Å². The number of imidazole rings is 1. The number of hydrogen-bond acceptors (Lipinski definition) is 3. The van der Waals surface area contributed by atoms with Gasteiger partial charge in [-0.15, -0.1) is 0 Å². The fourth-order valence-electron chi connectivity index (χ4n) is 3.13. The summed E-state index contributed by atoms with van der Waals surface area (Å²) in [6, 6.07) is 13.8. The average Bonchev–Trinajstić information content (AvgIpc) is 2.99. The monoisotopic (exact) mass is 368 g/mol. The zero-order chi connectivity index (χ0) is 19.2. The van der Waals surface area contributed by atoms with Crippen LogP contribution < -0.4 is 5.32 Å². The molecule has 1 amide bonds. The Balaban J connectivity index is 1.67. The van der Waals surface area contributed by atoms with Crippen LogP contribution in [0.2, 0.25) is 0 Å². The quantitative estimate of drug-likeness (QED) is 0.665. The van der Waals surface area contributed by atoms with Crippen LogP contribution in [0, 0.1) is 5.82 Å². The molecule has 6 heteroatoms. The van der Waals surface area contributed by atoms with E-state index >= 15 is 0 Å². The Kier molecular flexibility index (Phi) is 6.19. The lowest BCUT2D eigenvalue weighted by Gasteiger charge is -2.13. The highest BCUT2D eigenvalue weighted by molar-refractivity contribution is 5.94. The third-order valence-electron chi connectivity index (χ3n) is 4.44. The molecule has 5 nitrogen and oxygen atoms in total. The SMILES string of the molecule is CN(C)CCCn1c(CCNC(=O)c2cccc(F)c2)nc2ccccc21. The predicted octanol–water partition coefficient (Wildman–Crippen LogP) is 3.10. The van der Waals surface area contributed by atoms with Crippen molar-refractivity contribution in [1.29, 1.82) is 0 Å². The number of carbonyl (C=O) groups excluding carboxylic acids is 1. The van der Waals surface area contributed by atoms with Crippen molar-refractivity contribution in [2.24, 2.45) is 0 Å². The number of fused-ring (bicyclic) bond motifs is 1. The van der Waals surface area contributed by atoms with E-state index in [1.165, 1.54) is 18.2 Å². The largest absolute Gasteiger partial charge is 0.352 e. The number of benzene rings is 2. The van der Waals surface area contributed by atoms with Gasteiger partial charge >= 0.3 is 0 Å². The second-order valence-electron chi connectivity index (χ2n) is 6.84. The van der Waals surface area contributed by atoms with Crippen molar-refractivity contribution in [3.05, 3.63) is 65.7 Å². The number of aryl methyl sites for hydroxylation is 1. The van der Waals surface area contributed by atoms with E-state index in [9.17, 15) is 9.18 Å². The number of para-hydroxylation sites is 2. The lowest BCUT2D eigenvalue weighted by Crippen LogP contribution is -2.26. The number of nitrogens with one attached hydrogen (secondary N) is 1. The van der Waals surface area contributed by atoms with E-state index in [4.69, 9.17) is 4.98 Å². The first-order valence-electron chi connectivity index (χ1n) is 9.17. The van der Waals surface area contributed by atoms with Crippen molar-refractivity contribution < 1.29 is 9.18 Å². The zero-order valence-electron chi connectivity index (χ0n) is 15.8. The summed E-state index contributed by atoms with van der Waals surface area (Å²) in [4.78, 5) is 19.1. The molecule has 3 rings (SSSR count). The summed E-state index contributed by atoms with van der Waals surface area (Å²) in [5.74, 6) is 0.268. The standard InChI is InChI=1S/C21H25FN4O/c1-25(2)13-6-14-26-19-10-4-3-9-18(19)24-20(26)11-12-23-21(27)16-7-5-8-17(22)15-16/h3-5,7-10,15H,6,11-14H2,1-2H3,(H,23,27). The van der Waals surface area contributed by atoms with Crippen molar-refractivity contribution in [3.63, 3.8) is 0 Å². The van der Waals surface area contributed by atoms with Gasteiger partial charge in [-0.2, -0.15) is 0 Å². The Morgan fingerprint density at radius 3 is 2.78 bits per heavy atom. The maximum atomic E-state index is 13.3. The maximum Gasteiger partial charge on any atom is 0.251 e. The smallest absolute Gasteiger partial charge is 0.251 e. The molecule has 0 aliphatic carbocycles. The first kappa shape index (κ1) is 19.0. The van der Waals surface area contributed by atoms with Crippen LogP contribution in [0.25, 0.3) is 11.0 Å². The second-order valence-corrected chi connectivity index (χ2v) is 6.84. The van der Waals surface area contributed by atoms with Gasteiger partial charge in [0.25, 0.3) is 5.91 Å². The van der Waals surface area contributed by atoms with Crippen molar-refractivity contribution in [1.82, 2.24) is 19.8 Å². The highest BCUT2D eigenvalue weighted by Crippen LogP contribution is 2.17. The van der Waals surface area contributed by atoms with Gasteiger partial charge in [-0.25, -0.2) is 9.37 Å². The van der Waals surface area contributed by atoms with Crippen molar-refractivity contribution >= 4 is 16.9 Å². The highest BCUT2D eigenvalue weighted by Gasteiger charge is 2.11. The summed E-state index contributed by atoms with van der Waals surface area (Å²) >= 11 is 0. The third-order valence-corrected chi connectivity index (χ3v) is 4.44. The van der Waals surface area contributed by atoms with Gasteiger partial charge in [0, 0.05) is 25.1 Å². The van der Waals surface area contributed by atoms with Crippen molar-refractivity contribution in [2.75, 3.05) is 27.2 Å². The van der Waals surface area contributed by atoms with Crippen LogP contribution in [0.4, 0.5) is 4.39 Å². The van der Waals surface area contributed by atoms with E-state index in [0.29, 0.717) is 18.5 Å². The van der Waals surface area contributed by atoms with Crippen molar-refractivity contribution in [2.45, 2.75) is 19.4 Å². The molecule has 142 valence electrons. The van der Waals surface area contributed by atoms with Crippen LogP contribution in [0.15, 0.2) is 48.5 Å². The number of amides is 1. The van der Waals surface area contributed by atoms with Crippen LogP contribution in [0.5, 0.6) is 0 Å². The zero-order valence-corrected chi connectivity index (χ0v) is 15.8. The molecular weight excluding hydrogens is 343 g/mol. The van der Waals surface area contributed by atoms with Gasteiger partial charge in [0.1, 0.15) is 11.6 Å². The number of halogens is 1. The predicted molar refractivity (Wildman–Crippen MR) is 105 cm³/mol. The van der Waals surface area contributed by atoms with Gasteiger partial charge in [0.05, 0.1) is 11.0 Å². The number of carbonyl (C=O) groups is 1. The fraction of sp³-hybridized carbons (Fsp3) is 0.333. The number of rotatable bonds is 8. The summed E-state index contributed by atoms with van der Waals surface area (Å²) < 4.78 is 15.5. The topological polar surface area (TPSA) is 50.2 Å². The lowest BCUT2D eigenvalue weighted by molar-refractivity contribution is 0.0953.